The van der Waals surface area contributed by atoms with Crippen LogP contribution in [0.1, 0.15) is 52.4 Å². The molecule has 25 heavy (non-hydrogen) atoms. The topological polar surface area (TPSA) is 61.4 Å². The Morgan fingerprint density at radius 2 is 1.60 bits per heavy atom. The van der Waals surface area contributed by atoms with Crippen LogP contribution in [0, 0.1) is 29.1 Å². The van der Waals surface area contributed by atoms with E-state index in [1.165, 1.54) is 19.3 Å². The zero-order chi connectivity index (χ0) is 18.2. The lowest BCUT2D eigenvalue weighted by atomic mass is 9.49. The van der Waals surface area contributed by atoms with E-state index in [0.717, 1.165) is 43.6 Å². The molecule has 1 unspecified atom stereocenters. The molecule has 0 aromatic rings. The fraction of sp³-hybridized carbons (Fsp3) is 0.900. The van der Waals surface area contributed by atoms with Gasteiger partial charge < -0.3 is 15.5 Å². The molecule has 4 aliphatic rings. The monoisotopic (exact) mass is 349 g/mol. The number of carbonyl (C=O) groups excluding carboxylic acids is 2. The number of hydrogen-bond acceptors (Lipinski definition) is 3. The summed E-state index contributed by atoms with van der Waals surface area (Å²) < 4.78 is 0. The van der Waals surface area contributed by atoms with E-state index in [1.807, 2.05) is 27.9 Å². The first-order chi connectivity index (χ1) is 11.8. The van der Waals surface area contributed by atoms with Gasteiger partial charge in [0.25, 0.3) is 0 Å². The van der Waals surface area contributed by atoms with Crippen molar-refractivity contribution < 1.29 is 9.59 Å². The molecule has 0 heterocycles. The summed E-state index contributed by atoms with van der Waals surface area (Å²) in [6, 6.07) is -0.414. The molecular formula is C20H35N3O2. The first-order valence-corrected chi connectivity index (χ1v) is 10.0. The molecule has 0 saturated heterocycles. The van der Waals surface area contributed by atoms with Gasteiger partial charge in [-0.25, -0.2) is 0 Å². The summed E-state index contributed by atoms with van der Waals surface area (Å²) in [5.41, 5.74) is -0.189. The number of likely N-dealkylation sites (N-methyl/N-ethyl adjacent to an activating group) is 2. The van der Waals surface area contributed by atoms with Crippen LogP contribution in [-0.2, 0) is 9.59 Å². The van der Waals surface area contributed by atoms with Gasteiger partial charge in [0.05, 0.1) is 0 Å². The van der Waals surface area contributed by atoms with E-state index in [0.29, 0.717) is 6.54 Å². The Morgan fingerprint density at radius 1 is 1.08 bits per heavy atom. The van der Waals surface area contributed by atoms with Crippen LogP contribution < -0.4 is 10.6 Å². The smallest absolute Gasteiger partial charge is 0.245 e. The molecule has 0 aromatic heterocycles. The Balaban J connectivity index is 1.68. The average molecular weight is 350 g/mol. The van der Waals surface area contributed by atoms with Gasteiger partial charge in [-0.2, -0.15) is 0 Å². The summed E-state index contributed by atoms with van der Waals surface area (Å²) in [7, 11) is 3.71. The molecule has 4 aliphatic carbocycles. The van der Waals surface area contributed by atoms with Gasteiger partial charge in [0.15, 0.2) is 0 Å². The Labute approximate surface area is 152 Å². The van der Waals surface area contributed by atoms with Crippen LogP contribution in [0.3, 0.4) is 0 Å². The molecule has 2 amide bonds. The van der Waals surface area contributed by atoms with E-state index in [1.54, 1.807) is 4.90 Å². The Bertz CT molecular complexity index is 482. The van der Waals surface area contributed by atoms with Crippen LogP contribution in [0.15, 0.2) is 0 Å². The van der Waals surface area contributed by atoms with Crippen LogP contribution in [0.25, 0.3) is 0 Å². The lowest BCUT2D eigenvalue weighted by Gasteiger charge is -2.56. The van der Waals surface area contributed by atoms with Crippen LogP contribution in [0.4, 0.5) is 0 Å². The van der Waals surface area contributed by atoms with Gasteiger partial charge in [0.2, 0.25) is 11.8 Å². The van der Waals surface area contributed by atoms with Gasteiger partial charge in [-0.1, -0.05) is 13.8 Å². The lowest BCUT2D eigenvalue weighted by molar-refractivity contribution is -0.150. The predicted octanol–water partition coefficient (Wildman–Crippen LogP) is 2.02. The second-order valence-corrected chi connectivity index (χ2v) is 9.26. The maximum absolute atomic E-state index is 13.3. The molecule has 2 N–H and O–H groups in total. The van der Waals surface area contributed by atoms with E-state index >= 15 is 0 Å². The normalized spacial score (nSPS) is 34.2. The second kappa shape index (κ2) is 7.26. The predicted molar refractivity (Wildman–Crippen MR) is 98.9 cm³/mol. The van der Waals surface area contributed by atoms with Crippen molar-refractivity contribution in [2.24, 2.45) is 29.1 Å². The van der Waals surface area contributed by atoms with Crippen molar-refractivity contribution in [2.45, 2.75) is 58.4 Å². The van der Waals surface area contributed by atoms with Gasteiger partial charge in [-0.3, -0.25) is 9.59 Å². The number of rotatable bonds is 7. The van der Waals surface area contributed by atoms with Crippen molar-refractivity contribution in [3.8, 4) is 0 Å². The van der Waals surface area contributed by atoms with Crippen molar-refractivity contribution in [3.63, 3.8) is 0 Å². The van der Waals surface area contributed by atoms with E-state index in [-0.39, 0.29) is 23.1 Å². The summed E-state index contributed by atoms with van der Waals surface area (Å²) in [6.07, 6.45) is 7.10. The third-order valence-electron chi connectivity index (χ3n) is 6.81. The summed E-state index contributed by atoms with van der Waals surface area (Å²) >= 11 is 0. The SMILES string of the molecule is CNCCN(C)C(=O)C(NC(=O)C12CC3CC(CC(C3)C1)C2)C(C)C. The zero-order valence-electron chi connectivity index (χ0n) is 16.3. The van der Waals surface area contributed by atoms with Crippen LogP contribution in [0.2, 0.25) is 0 Å². The van der Waals surface area contributed by atoms with Gasteiger partial charge in [-0.15, -0.1) is 0 Å². The minimum Gasteiger partial charge on any atom is -0.344 e. The highest BCUT2D eigenvalue weighted by molar-refractivity contribution is 5.90. The number of hydrogen-bond donors (Lipinski definition) is 2. The Morgan fingerprint density at radius 3 is 2.04 bits per heavy atom. The van der Waals surface area contributed by atoms with Crippen molar-refractivity contribution >= 4 is 11.8 Å². The molecule has 142 valence electrons. The second-order valence-electron chi connectivity index (χ2n) is 9.26. The molecule has 4 rings (SSSR count). The zero-order valence-corrected chi connectivity index (χ0v) is 16.3. The van der Waals surface area contributed by atoms with E-state index in [9.17, 15) is 9.59 Å². The first kappa shape index (κ1) is 18.7. The maximum atomic E-state index is 13.3. The maximum Gasteiger partial charge on any atom is 0.245 e. The number of carbonyl (C=O) groups is 2. The van der Waals surface area contributed by atoms with Gasteiger partial charge in [-0.05, 0) is 69.2 Å². The molecule has 4 fully saturated rings. The molecule has 0 aromatic carbocycles. The highest BCUT2D eigenvalue weighted by Crippen LogP contribution is 2.60. The van der Waals surface area contributed by atoms with E-state index in [2.05, 4.69) is 10.6 Å². The fourth-order valence-corrected chi connectivity index (χ4v) is 5.82. The average Bonchev–Trinajstić information content (AvgIpc) is 2.55. The molecule has 0 radical (unpaired) electrons. The van der Waals surface area contributed by atoms with Crippen molar-refractivity contribution in [3.05, 3.63) is 0 Å². The minimum atomic E-state index is -0.414. The van der Waals surface area contributed by atoms with Gasteiger partial charge in [0.1, 0.15) is 6.04 Å². The largest absolute Gasteiger partial charge is 0.344 e. The van der Waals surface area contributed by atoms with Crippen LogP contribution >= 0.6 is 0 Å². The molecule has 5 heteroatoms. The summed E-state index contributed by atoms with van der Waals surface area (Å²) in [6.45, 7) is 5.46. The third-order valence-corrected chi connectivity index (χ3v) is 6.81. The Kier molecular flexibility index (Phi) is 5.42. The molecule has 4 bridgehead atoms. The van der Waals surface area contributed by atoms with Crippen LogP contribution in [-0.4, -0.2) is 49.9 Å². The fourth-order valence-electron chi connectivity index (χ4n) is 5.82. The van der Waals surface area contributed by atoms with E-state index < -0.39 is 6.04 Å². The lowest BCUT2D eigenvalue weighted by Crippen LogP contribution is -2.58. The first-order valence-electron chi connectivity index (χ1n) is 10.0. The summed E-state index contributed by atoms with van der Waals surface area (Å²) in [5, 5.41) is 6.25. The third kappa shape index (κ3) is 3.71. The van der Waals surface area contributed by atoms with Crippen molar-refractivity contribution in [1.29, 1.82) is 0 Å². The standard InChI is InChI=1S/C20H35N3O2/c1-13(2)17(18(24)23(4)6-5-21-3)22-19(25)20-10-14-7-15(11-20)9-16(8-14)12-20/h13-17,21H,5-12H2,1-4H3,(H,22,25). The Hall–Kier alpha value is -1.10. The molecule has 4 saturated carbocycles. The molecule has 5 nitrogen and oxygen atoms in total. The number of nitrogens with one attached hydrogen (secondary N) is 2. The van der Waals surface area contributed by atoms with Gasteiger partial charge >= 0.3 is 0 Å². The van der Waals surface area contributed by atoms with E-state index in [4.69, 9.17) is 0 Å². The minimum absolute atomic E-state index is 0.0309. The summed E-state index contributed by atoms with van der Waals surface area (Å²) in [5.74, 6) is 2.50. The quantitative estimate of drug-likeness (QED) is 0.739. The van der Waals surface area contributed by atoms with Crippen molar-refractivity contribution in [2.75, 3.05) is 27.2 Å². The summed E-state index contributed by atoms with van der Waals surface area (Å²) in [4.78, 5) is 27.8. The molecular weight excluding hydrogens is 314 g/mol. The molecule has 1 atom stereocenters. The number of amides is 2. The molecule has 0 aliphatic heterocycles. The molecule has 0 spiro atoms. The number of nitrogens with zero attached hydrogens (tertiary/aromatic N) is 1. The highest BCUT2D eigenvalue weighted by atomic mass is 16.2. The van der Waals surface area contributed by atoms with Gasteiger partial charge in [0, 0.05) is 25.6 Å². The highest BCUT2D eigenvalue weighted by Gasteiger charge is 2.55. The van der Waals surface area contributed by atoms with Crippen LogP contribution in [0.5, 0.6) is 0 Å². The van der Waals surface area contributed by atoms with Crippen molar-refractivity contribution in [1.82, 2.24) is 15.5 Å².